The molecule has 6 aromatic rings. The third kappa shape index (κ3) is 7.64. The van der Waals surface area contributed by atoms with Gasteiger partial charge in [0.05, 0.1) is 18.5 Å². The van der Waals surface area contributed by atoms with Crippen molar-refractivity contribution in [2.24, 2.45) is 9.98 Å². The molecule has 57 heavy (non-hydrogen) atoms. The molecular weight excluding hydrogens is 737 g/mol. The first-order valence-electron chi connectivity index (χ1n) is 18.0. The normalized spacial score (nSPS) is 21.4. The minimum atomic E-state index is -2.95. The molecule has 5 atom stereocenters. The van der Waals surface area contributed by atoms with Crippen molar-refractivity contribution in [2.45, 2.75) is 37.3 Å². The van der Waals surface area contributed by atoms with Crippen molar-refractivity contribution in [2.75, 3.05) is 6.61 Å². The van der Waals surface area contributed by atoms with Gasteiger partial charge >= 0.3 is 7.40 Å². The van der Waals surface area contributed by atoms with Gasteiger partial charge in [0.1, 0.15) is 54.0 Å². The number of aliphatic hydroxyl groups excluding tert-OH is 4. The van der Waals surface area contributed by atoms with Crippen LogP contribution in [0.1, 0.15) is 23.0 Å². The number of halogens is 2. The number of phenolic OH excluding ortho intramolecular Hbond substituents is 1. The highest BCUT2D eigenvalue weighted by Gasteiger charge is 2.44. The Morgan fingerprint density at radius 3 is 2.12 bits per heavy atom. The minimum absolute atomic E-state index is 0.00770. The molecule has 2 aromatic heterocycles. The van der Waals surface area contributed by atoms with E-state index in [0.29, 0.717) is 45.0 Å². The Kier molecular flexibility index (Phi) is 10.6. The number of ether oxygens (including phenoxy) is 2. The van der Waals surface area contributed by atoms with Gasteiger partial charge in [0, 0.05) is 22.4 Å². The molecule has 13 nitrogen and oxygen atoms in total. The van der Waals surface area contributed by atoms with Gasteiger partial charge in [-0.3, -0.25) is 8.63 Å². The summed E-state index contributed by atoms with van der Waals surface area (Å²) in [5, 5.41) is 58.1. The largest absolute Gasteiger partial charge is 0.679 e. The molecule has 5 N–H and O–H groups in total. The minimum Gasteiger partial charge on any atom is -0.508 e. The van der Waals surface area contributed by atoms with Crippen LogP contribution in [0, 0.1) is 0 Å². The van der Waals surface area contributed by atoms with Crippen LogP contribution in [0.4, 0.5) is 14.4 Å². The summed E-state index contributed by atoms with van der Waals surface area (Å²) in [5.74, 6) is 0.772. The summed E-state index contributed by atoms with van der Waals surface area (Å²) in [7, 11) is -2.95. The Bertz CT molecular complexity index is 2440. The highest BCUT2D eigenvalue weighted by molar-refractivity contribution is 6.43. The molecule has 288 valence electrons. The van der Waals surface area contributed by atoms with E-state index in [0.717, 1.165) is 10.0 Å². The van der Waals surface area contributed by atoms with Crippen LogP contribution < -0.4 is 4.74 Å². The second kappa shape index (κ2) is 16.1. The van der Waals surface area contributed by atoms with Crippen molar-refractivity contribution in [3.63, 3.8) is 0 Å². The Morgan fingerprint density at radius 2 is 1.46 bits per heavy atom. The van der Waals surface area contributed by atoms with Crippen molar-refractivity contribution in [3.8, 4) is 33.9 Å². The van der Waals surface area contributed by atoms with E-state index in [2.05, 4.69) is 10.3 Å². The molecule has 0 aliphatic carbocycles. The summed E-state index contributed by atoms with van der Waals surface area (Å²) >= 11 is 0. The Labute approximate surface area is 325 Å². The van der Waals surface area contributed by atoms with Crippen LogP contribution in [0.3, 0.4) is 0 Å². The van der Waals surface area contributed by atoms with Gasteiger partial charge in [0.15, 0.2) is 12.1 Å². The number of benzene rings is 4. The number of aliphatic hydroxyl groups is 4. The molecule has 0 saturated carbocycles. The molecule has 0 spiro atoms. The maximum atomic E-state index is 15.1. The first kappa shape index (κ1) is 37.6. The van der Waals surface area contributed by atoms with E-state index in [1.807, 2.05) is 66.7 Å². The Morgan fingerprint density at radius 1 is 0.789 bits per heavy atom. The van der Waals surface area contributed by atoms with E-state index in [1.165, 1.54) is 23.0 Å². The van der Waals surface area contributed by atoms with Crippen molar-refractivity contribution in [1.82, 2.24) is 19.5 Å². The number of phenols is 1. The van der Waals surface area contributed by atoms with Gasteiger partial charge in [-0.05, 0) is 77.4 Å². The van der Waals surface area contributed by atoms with E-state index in [1.54, 1.807) is 42.5 Å². The van der Waals surface area contributed by atoms with Gasteiger partial charge in [0.2, 0.25) is 0 Å². The third-order valence-corrected chi connectivity index (χ3v) is 9.72. The lowest BCUT2D eigenvalue weighted by Crippen LogP contribution is -2.56. The zero-order chi connectivity index (χ0) is 39.6. The van der Waals surface area contributed by atoms with Crippen LogP contribution >= 0.6 is 0 Å². The molecule has 4 heterocycles. The Hall–Kier alpha value is -6.30. The number of hydrogen-bond acceptors (Lipinski definition) is 10. The predicted octanol–water partition coefficient (Wildman–Crippen LogP) is 5.06. The number of aliphatic imine (C=N–C) groups is 2. The number of nitrogens with zero attached hydrogens (tertiary/aromatic N) is 6. The van der Waals surface area contributed by atoms with Crippen molar-refractivity contribution in [1.29, 1.82) is 0 Å². The molecule has 2 aliphatic heterocycles. The number of rotatable bonds is 11. The highest BCUT2D eigenvalue weighted by Crippen LogP contribution is 2.41. The molecule has 0 amide bonds. The zero-order valence-corrected chi connectivity index (χ0v) is 30.0. The lowest BCUT2D eigenvalue weighted by Gasteiger charge is -2.39. The van der Waals surface area contributed by atoms with E-state index in [4.69, 9.17) is 19.5 Å². The van der Waals surface area contributed by atoms with Gasteiger partial charge < -0.3 is 39.5 Å². The van der Waals surface area contributed by atoms with Gasteiger partial charge in [-0.15, -0.1) is 5.10 Å². The smallest absolute Gasteiger partial charge is 0.508 e. The van der Waals surface area contributed by atoms with Crippen LogP contribution in [0.5, 0.6) is 11.5 Å². The predicted molar refractivity (Wildman–Crippen MR) is 208 cm³/mol. The monoisotopic (exact) mass is 772 g/mol. The molecule has 0 radical (unpaired) electrons. The fourth-order valence-electron chi connectivity index (χ4n) is 6.77. The lowest BCUT2D eigenvalue weighted by atomic mass is 9.98. The summed E-state index contributed by atoms with van der Waals surface area (Å²) in [6.07, 6.45) is -3.54. The fraction of sp³-hybridized carbons (Fsp3) is 0.171. The SMILES string of the molecule is OC[C@H]1O[C@@H](n2cc(COc3ccc(C4=N/C(=N\c5c(-c6ccccc6)cc(-c6ccc(O)cc6)n5B(F)F)C(c5ccccc5)=C4)cc3)nn2)[C@H](O)[C@@H](O)[C@H]1O. The number of hydrogen-bond donors (Lipinski definition) is 5. The van der Waals surface area contributed by atoms with E-state index < -0.39 is 44.7 Å². The zero-order valence-electron chi connectivity index (χ0n) is 30.0. The van der Waals surface area contributed by atoms with Crippen molar-refractivity contribution >= 4 is 30.3 Å². The van der Waals surface area contributed by atoms with Gasteiger partial charge in [-0.1, -0.05) is 65.9 Å². The molecule has 8 rings (SSSR count). The topological polar surface area (TPSA) is 180 Å². The van der Waals surface area contributed by atoms with E-state index in [9.17, 15) is 25.5 Å². The molecule has 16 heteroatoms. The summed E-state index contributed by atoms with van der Waals surface area (Å²) < 4.78 is 43.8. The molecule has 4 aromatic carbocycles. The van der Waals surface area contributed by atoms with E-state index >= 15 is 8.63 Å². The maximum Gasteiger partial charge on any atom is 0.679 e. The average molecular weight is 773 g/mol. The van der Waals surface area contributed by atoms with Gasteiger partial charge in [-0.2, -0.15) is 0 Å². The van der Waals surface area contributed by atoms with Gasteiger partial charge in [0.25, 0.3) is 0 Å². The molecule has 0 unspecified atom stereocenters. The molecular formula is C41H35BF2N6O7. The molecule has 2 aliphatic rings. The first-order chi connectivity index (χ1) is 27.7. The van der Waals surface area contributed by atoms with Crippen LogP contribution in [0.15, 0.2) is 138 Å². The van der Waals surface area contributed by atoms with Crippen molar-refractivity contribution in [3.05, 3.63) is 144 Å². The molecule has 1 saturated heterocycles. The van der Waals surface area contributed by atoms with Crippen LogP contribution in [0.2, 0.25) is 0 Å². The molecule has 1 fully saturated rings. The number of aromatic nitrogens is 4. The van der Waals surface area contributed by atoms with E-state index in [-0.39, 0.29) is 29.7 Å². The number of allylic oxidation sites excluding steroid dienone is 1. The highest BCUT2D eigenvalue weighted by atomic mass is 19.2. The van der Waals surface area contributed by atoms with Crippen molar-refractivity contribution < 1.29 is 43.6 Å². The Balaban J connectivity index is 1.09. The van der Waals surface area contributed by atoms with Crippen LogP contribution in [0.25, 0.3) is 28.0 Å². The second-order valence-electron chi connectivity index (χ2n) is 13.4. The third-order valence-electron chi connectivity index (χ3n) is 9.72. The quantitative estimate of drug-likeness (QED) is 0.113. The summed E-state index contributed by atoms with van der Waals surface area (Å²) in [6, 6.07) is 33.4. The molecule has 0 bridgehead atoms. The number of aromatic hydroxyl groups is 1. The summed E-state index contributed by atoms with van der Waals surface area (Å²) in [4.78, 5) is 9.76. The number of amidine groups is 1. The second-order valence-corrected chi connectivity index (χ2v) is 13.4. The van der Waals surface area contributed by atoms with Crippen LogP contribution in [-0.4, -0.2) is 95.0 Å². The van der Waals surface area contributed by atoms with Crippen LogP contribution in [-0.2, 0) is 11.3 Å². The van der Waals surface area contributed by atoms with Gasteiger partial charge in [-0.25, -0.2) is 14.7 Å². The standard InChI is InChI=1S/C41H35BF2N6O7/c43-42(44)50-34(27-11-15-29(52)16-12-27)20-32(25-9-5-2-6-10-25)40(50)46-39-31(24-7-3-1-4-8-24)19-33(45-39)26-13-17-30(18-14-26)56-23-28-21-49(48-47-28)41-38(55)37(54)36(53)35(22-51)57-41/h1-21,35-38,41,51-55H,22-23H2/b46-39-/t35-,36+,37+,38-,41-/m1/s1. The maximum absolute atomic E-state index is 15.1. The summed E-state index contributed by atoms with van der Waals surface area (Å²) in [6.45, 7) is -0.580. The lowest BCUT2D eigenvalue weighted by molar-refractivity contribution is -0.254. The average Bonchev–Trinajstić information content (AvgIpc) is 3.99. The summed E-state index contributed by atoms with van der Waals surface area (Å²) in [5.41, 5.74) is 4.96. The first-order valence-corrected chi connectivity index (χ1v) is 18.0. The fourth-order valence-corrected chi connectivity index (χ4v) is 6.77.